The van der Waals surface area contributed by atoms with Crippen LogP contribution in [0.1, 0.15) is 34.5 Å². The molecule has 1 unspecified atom stereocenters. The Hall–Kier alpha value is -3.81. The van der Waals surface area contributed by atoms with Gasteiger partial charge in [-0.15, -0.1) is 0 Å². The van der Waals surface area contributed by atoms with Crippen LogP contribution in [0.4, 0.5) is 0 Å². The van der Waals surface area contributed by atoms with E-state index in [4.69, 9.17) is 19.5 Å². The molecule has 2 heterocycles. The van der Waals surface area contributed by atoms with Gasteiger partial charge in [0.05, 0.1) is 18.8 Å². The minimum atomic E-state index is -1.15. The Morgan fingerprint density at radius 1 is 1.18 bits per heavy atom. The van der Waals surface area contributed by atoms with Crippen molar-refractivity contribution in [2.45, 2.75) is 31.4 Å². The Morgan fingerprint density at radius 2 is 1.91 bits per heavy atom. The number of carbonyl (C=O) groups excluding carboxylic acids is 3. The lowest BCUT2D eigenvalue weighted by atomic mass is 10.1. The molecule has 10 nitrogen and oxygen atoms in total. The zero-order chi connectivity index (χ0) is 24.3. The quantitative estimate of drug-likeness (QED) is 0.411. The molecule has 2 aromatic rings. The molecule has 1 aromatic heterocycles. The number of pyridine rings is 1. The van der Waals surface area contributed by atoms with E-state index in [0.29, 0.717) is 16.9 Å². The fourth-order valence-electron chi connectivity index (χ4n) is 3.38. The molecule has 10 heteroatoms. The summed E-state index contributed by atoms with van der Waals surface area (Å²) in [5, 5.41) is 14.7. The monoisotopic (exact) mass is 466 g/mol. The van der Waals surface area contributed by atoms with E-state index in [1.807, 2.05) is 6.07 Å². The SMILES string of the molecule is COc1ccc(CC(NC(=O)c2ccc(C#N)cn2)C(=O)OC(=O)COC2CCNCC2)cc1. The van der Waals surface area contributed by atoms with Gasteiger partial charge in [-0.25, -0.2) is 14.6 Å². The minimum Gasteiger partial charge on any atom is -0.497 e. The van der Waals surface area contributed by atoms with Gasteiger partial charge in [-0.3, -0.25) is 4.79 Å². The van der Waals surface area contributed by atoms with Gasteiger partial charge >= 0.3 is 11.9 Å². The maximum atomic E-state index is 12.8. The molecule has 1 aromatic carbocycles. The van der Waals surface area contributed by atoms with Crippen LogP contribution in [0.25, 0.3) is 0 Å². The average molecular weight is 466 g/mol. The summed E-state index contributed by atoms with van der Waals surface area (Å²) in [7, 11) is 1.54. The number of ether oxygens (including phenoxy) is 3. The normalized spacial score (nSPS) is 14.5. The summed E-state index contributed by atoms with van der Waals surface area (Å²) >= 11 is 0. The molecule has 1 aliphatic heterocycles. The minimum absolute atomic E-state index is 0.0205. The van der Waals surface area contributed by atoms with Crippen LogP contribution < -0.4 is 15.4 Å². The first-order valence-electron chi connectivity index (χ1n) is 10.8. The van der Waals surface area contributed by atoms with Gasteiger partial charge in [0.2, 0.25) is 0 Å². The maximum absolute atomic E-state index is 12.8. The van der Waals surface area contributed by atoms with E-state index in [1.54, 1.807) is 24.3 Å². The summed E-state index contributed by atoms with van der Waals surface area (Å²) < 4.78 is 15.6. The Kier molecular flexibility index (Phi) is 9.08. The van der Waals surface area contributed by atoms with Crippen molar-refractivity contribution in [1.29, 1.82) is 5.26 Å². The Labute approximate surface area is 197 Å². The molecular weight excluding hydrogens is 440 g/mol. The van der Waals surface area contributed by atoms with Crippen LogP contribution in [0.15, 0.2) is 42.6 Å². The molecule has 1 amide bonds. The molecule has 178 valence electrons. The van der Waals surface area contributed by atoms with E-state index in [1.165, 1.54) is 25.4 Å². The number of benzene rings is 1. The number of methoxy groups -OCH3 is 1. The van der Waals surface area contributed by atoms with Crippen molar-refractivity contribution < 1.29 is 28.6 Å². The Bertz CT molecular complexity index is 1030. The largest absolute Gasteiger partial charge is 0.497 e. The second-order valence-electron chi connectivity index (χ2n) is 7.68. The number of piperidine rings is 1. The number of carbonyl (C=O) groups is 3. The molecule has 1 fully saturated rings. The summed E-state index contributed by atoms with van der Waals surface area (Å²) in [5.41, 5.74) is 1.03. The highest BCUT2D eigenvalue weighted by Gasteiger charge is 2.27. The van der Waals surface area contributed by atoms with Gasteiger partial charge in [-0.1, -0.05) is 12.1 Å². The van der Waals surface area contributed by atoms with Crippen LogP contribution in [0.5, 0.6) is 5.75 Å². The van der Waals surface area contributed by atoms with Crippen LogP contribution in [-0.2, 0) is 25.5 Å². The number of nitriles is 1. The molecule has 2 N–H and O–H groups in total. The molecule has 0 aliphatic carbocycles. The van der Waals surface area contributed by atoms with Crippen molar-refractivity contribution in [3.63, 3.8) is 0 Å². The number of hydrogen-bond donors (Lipinski definition) is 2. The molecule has 0 bridgehead atoms. The fraction of sp³-hybridized carbons (Fsp3) is 0.375. The Morgan fingerprint density at radius 3 is 2.53 bits per heavy atom. The zero-order valence-corrected chi connectivity index (χ0v) is 18.8. The van der Waals surface area contributed by atoms with E-state index in [9.17, 15) is 14.4 Å². The van der Waals surface area contributed by atoms with Crippen LogP contribution in [0.2, 0.25) is 0 Å². The number of hydrogen-bond acceptors (Lipinski definition) is 9. The lowest BCUT2D eigenvalue weighted by Gasteiger charge is -2.22. The summed E-state index contributed by atoms with van der Waals surface area (Å²) in [6.45, 7) is 1.26. The van der Waals surface area contributed by atoms with Crippen LogP contribution in [0.3, 0.4) is 0 Å². The highest BCUT2D eigenvalue weighted by Crippen LogP contribution is 2.14. The highest BCUT2D eigenvalue weighted by atomic mass is 16.6. The van der Waals surface area contributed by atoms with Crippen molar-refractivity contribution in [2.24, 2.45) is 0 Å². The van der Waals surface area contributed by atoms with E-state index < -0.39 is 23.9 Å². The lowest BCUT2D eigenvalue weighted by molar-refractivity contribution is -0.165. The third-order valence-electron chi connectivity index (χ3n) is 5.25. The third-order valence-corrected chi connectivity index (χ3v) is 5.25. The van der Waals surface area contributed by atoms with Crippen molar-refractivity contribution >= 4 is 17.8 Å². The maximum Gasteiger partial charge on any atom is 0.339 e. The van der Waals surface area contributed by atoms with E-state index >= 15 is 0 Å². The van der Waals surface area contributed by atoms with Gasteiger partial charge in [0.25, 0.3) is 5.91 Å². The van der Waals surface area contributed by atoms with E-state index in [2.05, 4.69) is 15.6 Å². The molecule has 34 heavy (non-hydrogen) atoms. The standard InChI is InChI=1S/C24H26N4O6/c1-32-18-5-2-16(3-6-18)12-21(28-23(30)20-7-4-17(13-25)14-27-20)24(31)34-22(29)15-33-19-8-10-26-11-9-19/h2-7,14,19,21,26H,8-12,15H2,1H3,(H,28,30). The number of esters is 2. The van der Waals surface area contributed by atoms with E-state index in [0.717, 1.165) is 25.9 Å². The van der Waals surface area contributed by atoms with Gasteiger partial charge in [0.1, 0.15) is 30.2 Å². The summed E-state index contributed by atoms with van der Waals surface area (Å²) in [6.07, 6.45) is 2.81. The first-order chi connectivity index (χ1) is 16.5. The highest BCUT2D eigenvalue weighted by molar-refractivity contribution is 5.97. The van der Waals surface area contributed by atoms with Gasteiger partial charge in [-0.2, -0.15) is 5.26 Å². The number of amides is 1. The van der Waals surface area contributed by atoms with Crippen LogP contribution in [-0.4, -0.2) is 61.8 Å². The van der Waals surface area contributed by atoms with Crippen molar-refractivity contribution in [1.82, 2.24) is 15.6 Å². The third kappa shape index (κ3) is 7.37. The molecular formula is C24H26N4O6. The first-order valence-corrected chi connectivity index (χ1v) is 10.8. The van der Waals surface area contributed by atoms with Gasteiger partial charge < -0.3 is 24.8 Å². The van der Waals surface area contributed by atoms with Gasteiger partial charge in [-0.05, 0) is 55.8 Å². The average Bonchev–Trinajstić information content (AvgIpc) is 2.88. The number of nitrogens with one attached hydrogen (secondary N) is 2. The van der Waals surface area contributed by atoms with Gasteiger partial charge in [0.15, 0.2) is 0 Å². The fourth-order valence-corrected chi connectivity index (χ4v) is 3.38. The topological polar surface area (TPSA) is 140 Å². The Balaban J connectivity index is 1.66. The molecule has 1 atom stereocenters. The zero-order valence-electron chi connectivity index (χ0n) is 18.8. The molecule has 0 saturated carbocycles. The summed E-state index contributed by atoms with van der Waals surface area (Å²) in [4.78, 5) is 41.6. The smallest absolute Gasteiger partial charge is 0.339 e. The van der Waals surface area contributed by atoms with Gasteiger partial charge in [0, 0.05) is 12.6 Å². The second kappa shape index (κ2) is 12.4. The molecule has 1 saturated heterocycles. The predicted octanol–water partition coefficient (Wildman–Crippen LogP) is 1.14. The van der Waals surface area contributed by atoms with Crippen molar-refractivity contribution in [2.75, 3.05) is 26.8 Å². The lowest BCUT2D eigenvalue weighted by Crippen LogP contribution is -2.44. The number of nitrogens with zero attached hydrogens (tertiary/aromatic N) is 2. The van der Waals surface area contributed by atoms with Crippen LogP contribution >= 0.6 is 0 Å². The summed E-state index contributed by atoms with van der Waals surface area (Å²) in [5.74, 6) is -1.73. The molecule has 3 rings (SSSR count). The molecule has 1 aliphatic rings. The van der Waals surface area contributed by atoms with E-state index in [-0.39, 0.29) is 24.8 Å². The molecule has 0 radical (unpaired) electrons. The molecule has 0 spiro atoms. The van der Waals surface area contributed by atoms with Crippen LogP contribution in [0, 0.1) is 11.3 Å². The predicted molar refractivity (Wildman–Crippen MR) is 120 cm³/mol. The number of aromatic nitrogens is 1. The second-order valence-corrected chi connectivity index (χ2v) is 7.68. The first kappa shape index (κ1) is 24.8. The number of rotatable bonds is 9. The van der Waals surface area contributed by atoms with Crippen molar-refractivity contribution in [3.8, 4) is 11.8 Å². The van der Waals surface area contributed by atoms with Crippen molar-refractivity contribution in [3.05, 3.63) is 59.4 Å². The summed E-state index contributed by atoms with van der Waals surface area (Å²) in [6, 6.07) is 10.5.